The summed E-state index contributed by atoms with van der Waals surface area (Å²) in [6.45, 7) is 2.13. The number of hydrogen-bond acceptors (Lipinski definition) is 5. The van der Waals surface area contributed by atoms with Crippen LogP contribution >= 0.6 is 0 Å². The Morgan fingerprint density at radius 1 is 1.04 bits per heavy atom. The van der Waals surface area contributed by atoms with Crippen LogP contribution in [0.4, 0.5) is 19.0 Å². The number of nitrogens with one attached hydrogen (secondary N) is 2. The minimum absolute atomic E-state index is 0.0597. The van der Waals surface area contributed by atoms with Crippen molar-refractivity contribution in [3.05, 3.63) is 36.2 Å². The number of alkyl halides is 3. The van der Waals surface area contributed by atoms with E-state index in [0.717, 1.165) is 32.1 Å². The quantitative estimate of drug-likeness (QED) is 0.892. The summed E-state index contributed by atoms with van der Waals surface area (Å²) in [5.41, 5.74) is -0.838. The molecule has 1 aliphatic carbocycles. The van der Waals surface area contributed by atoms with E-state index in [-0.39, 0.29) is 11.3 Å². The molecule has 3 heterocycles. The molecule has 2 unspecified atom stereocenters. The molecule has 8 heteroatoms. The molecule has 0 spiro atoms. The molecule has 1 aliphatic heterocycles. The lowest BCUT2D eigenvalue weighted by atomic mass is 10.0. The lowest BCUT2D eigenvalue weighted by Gasteiger charge is -2.15. The number of fused-ring (bicyclic) bond motifs is 1. The van der Waals surface area contributed by atoms with Crippen LogP contribution in [0.3, 0.4) is 0 Å². The summed E-state index contributed by atoms with van der Waals surface area (Å²) in [4.78, 5) is 3.45. The Labute approximate surface area is 143 Å². The second-order valence-electron chi connectivity index (χ2n) is 6.69. The highest BCUT2D eigenvalue weighted by atomic mass is 19.4. The number of hydrogen-bond donors (Lipinski definition) is 2. The van der Waals surface area contributed by atoms with Gasteiger partial charge in [0.25, 0.3) is 0 Å². The van der Waals surface area contributed by atoms with Gasteiger partial charge < -0.3 is 10.6 Å². The minimum atomic E-state index is -4.52. The number of pyridine rings is 1. The van der Waals surface area contributed by atoms with E-state index in [1.54, 1.807) is 12.1 Å². The normalized spacial score (nSPS) is 25.8. The van der Waals surface area contributed by atoms with Gasteiger partial charge in [-0.3, -0.25) is 4.98 Å². The maximum Gasteiger partial charge on any atom is 0.434 e. The molecule has 4 rings (SSSR count). The molecule has 0 bridgehead atoms. The van der Waals surface area contributed by atoms with Gasteiger partial charge in [-0.25, -0.2) is 0 Å². The van der Waals surface area contributed by atoms with Gasteiger partial charge in [-0.2, -0.15) is 13.2 Å². The van der Waals surface area contributed by atoms with E-state index in [9.17, 15) is 13.2 Å². The fourth-order valence-corrected chi connectivity index (χ4v) is 3.88. The zero-order chi connectivity index (χ0) is 17.4. The average molecular weight is 349 g/mol. The van der Waals surface area contributed by atoms with Crippen molar-refractivity contribution in [3.8, 4) is 11.3 Å². The fourth-order valence-electron chi connectivity index (χ4n) is 3.88. The number of rotatable bonds is 3. The first kappa shape index (κ1) is 16.3. The van der Waals surface area contributed by atoms with Gasteiger partial charge in [0.2, 0.25) is 0 Å². The summed E-state index contributed by atoms with van der Waals surface area (Å²) in [5, 5.41) is 14.8. The predicted octanol–water partition coefficient (Wildman–Crippen LogP) is 2.97. The van der Waals surface area contributed by atoms with Crippen molar-refractivity contribution in [1.82, 2.24) is 20.5 Å². The molecule has 2 aromatic heterocycles. The molecular weight excluding hydrogens is 331 g/mol. The Kier molecular flexibility index (Phi) is 4.07. The third-order valence-electron chi connectivity index (χ3n) is 5.02. The molecule has 2 aromatic rings. The smallest absolute Gasteiger partial charge is 0.366 e. The first-order valence-electron chi connectivity index (χ1n) is 8.34. The third-order valence-corrected chi connectivity index (χ3v) is 5.02. The molecule has 2 aliphatic rings. The van der Waals surface area contributed by atoms with Gasteiger partial charge >= 0.3 is 6.18 Å². The van der Waals surface area contributed by atoms with Crippen molar-refractivity contribution in [2.45, 2.75) is 25.1 Å². The van der Waals surface area contributed by atoms with E-state index >= 15 is 0 Å². The lowest BCUT2D eigenvalue weighted by molar-refractivity contribution is -0.140. The van der Waals surface area contributed by atoms with Gasteiger partial charge in [0, 0.05) is 17.8 Å². The molecule has 1 saturated heterocycles. The van der Waals surface area contributed by atoms with E-state index in [1.165, 1.54) is 12.1 Å². The highest BCUT2D eigenvalue weighted by Crippen LogP contribution is 2.36. The minimum Gasteiger partial charge on any atom is -0.366 e. The number of aromatic nitrogens is 3. The number of anilines is 1. The average Bonchev–Trinajstić information content (AvgIpc) is 3.16. The third kappa shape index (κ3) is 3.30. The van der Waals surface area contributed by atoms with E-state index < -0.39 is 11.9 Å². The van der Waals surface area contributed by atoms with Crippen LogP contribution in [0.5, 0.6) is 0 Å². The molecule has 3 atom stereocenters. The van der Waals surface area contributed by atoms with Crippen LogP contribution in [0, 0.1) is 11.8 Å². The summed E-state index contributed by atoms with van der Waals surface area (Å²) in [7, 11) is 0. The first-order valence-corrected chi connectivity index (χ1v) is 8.34. The van der Waals surface area contributed by atoms with E-state index in [4.69, 9.17) is 0 Å². The van der Waals surface area contributed by atoms with Crippen molar-refractivity contribution in [2.24, 2.45) is 11.8 Å². The SMILES string of the molecule is FC(F)(F)c1ncccc1-c1ccc(NC2CC3CNC[C@H]3C2)nn1. The standard InChI is InChI=1S/C17H18F3N5/c18-17(19,20)16-13(2-1-5-22-16)14-3-4-15(25-24-14)23-12-6-10-8-21-9-11(10)7-12/h1-5,10-12,21H,6-9H2,(H,23,25)/t10-,11?,12?/m1/s1. The van der Waals surface area contributed by atoms with Gasteiger partial charge in [-0.15, -0.1) is 10.2 Å². The van der Waals surface area contributed by atoms with Gasteiger partial charge in [0.15, 0.2) is 5.69 Å². The maximum atomic E-state index is 13.1. The molecular formula is C17H18F3N5. The van der Waals surface area contributed by atoms with E-state index in [1.807, 2.05) is 0 Å². The second-order valence-corrected chi connectivity index (χ2v) is 6.69. The zero-order valence-electron chi connectivity index (χ0n) is 13.4. The van der Waals surface area contributed by atoms with Crippen LogP contribution in [0.2, 0.25) is 0 Å². The van der Waals surface area contributed by atoms with Gasteiger partial charge in [0.1, 0.15) is 5.82 Å². The predicted molar refractivity (Wildman–Crippen MR) is 86.8 cm³/mol. The Hall–Kier alpha value is -2.22. The molecule has 5 nitrogen and oxygen atoms in total. The second kappa shape index (κ2) is 6.25. The highest BCUT2D eigenvalue weighted by Gasteiger charge is 2.37. The van der Waals surface area contributed by atoms with E-state index in [2.05, 4.69) is 25.8 Å². The molecule has 0 aromatic carbocycles. The van der Waals surface area contributed by atoms with Crippen LogP contribution in [0.1, 0.15) is 18.5 Å². The maximum absolute atomic E-state index is 13.1. The summed E-state index contributed by atoms with van der Waals surface area (Å²) in [5.74, 6) is 2.00. The Morgan fingerprint density at radius 2 is 1.80 bits per heavy atom. The van der Waals surface area contributed by atoms with Crippen LogP contribution in [0.15, 0.2) is 30.5 Å². The highest BCUT2D eigenvalue weighted by molar-refractivity contribution is 5.62. The van der Waals surface area contributed by atoms with Crippen LogP contribution in [-0.4, -0.2) is 34.3 Å². The molecule has 25 heavy (non-hydrogen) atoms. The van der Waals surface area contributed by atoms with Crippen molar-refractivity contribution in [3.63, 3.8) is 0 Å². The molecule has 2 N–H and O–H groups in total. The van der Waals surface area contributed by atoms with Gasteiger partial charge in [-0.1, -0.05) is 0 Å². The molecule has 0 radical (unpaired) electrons. The zero-order valence-corrected chi connectivity index (χ0v) is 13.4. The summed E-state index contributed by atoms with van der Waals surface area (Å²) in [6, 6.07) is 6.41. The molecule has 0 amide bonds. The number of nitrogens with zero attached hydrogens (tertiary/aromatic N) is 3. The van der Waals surface area contributed by atoms with E-state index in [0.29, 0.717) is 23.7 Å². The summed E-state index contributed by atoms with van der Waals surface area (Å²) < 4.78 is 39.2. The summed E-state index contributed by atoms with van der Waals surface area (Å²) in [6.07, 6.45) is -1.23. The van der Waals surface area contributed by atoms with Crippen LogP contribution < -0.4 is 10.6 Å². The number of halogens is 3. The first-order chi connectivity index (χ1) is 12.0. The van der Waals surface area contributed by atoms with Crippen LogP contribution in [0.25, 0.3) is 11.3 Å². The van der Waals surface area contributed by atoms with Crippen molar-refractivity contribution < 1.29 is 13.2 Å². The van der Waals surface area contributed by atoms with Crippen molar-refractivity contribution in [1.29, 1.82) is 0 Å². The topological polar surface area (TPSA) is 62.7 Å². The molecule has 2 fully saturated rings. The van der Waals surface area contributed by atoms with Gasteiger partial charge in [-0.05, 0) is 62.0 Å². The molecule has 1 saturated carbocycles. The van der Waals surface area contributed by atoms with Crippen molar-refractivity contribution in [2.75, 3.05) is 18.4 Å². The Morgan fingerprint density at radius 3 is 2.44 bits per heavy atom. The Bertz CT molecular complexity index is 735. The van der Waals surface area contributed by atoms with Crippen LogP contribution in [-0.2, 0) is 6.18 Å². The lowest BCUT2D eigenvalue weighted by Crippen LogP contribution is -2.21. The van der Waals surface area contributed by atoms with Gasteiger partial charge in [0.05, 0.1) is 5.69 Å². The molecule has 132 valence electrons. The van der Waals surface area contributed by atoms with Crippen molar-refractivity contribution >= 4 is 5.82 Å². The largest absolute Gasteiger partial charge is 0.434 e. The fraction of sp³-hybridized carbons (Fsp3) is 0.471. The monoisotopic (exact) mass is 349 g/mol. The Balaban J connectivity index is 1.50. The summed E-state index contributed by atoms with van der Waals surface area (Å²) >= 11 is 0.